The number of nitrogens with zero attached hydrogens (tertiary/aromatic N) is 1. The van der Waals surface area contributed by atoms with Crippen molar-refractivity contribution in [3.05, 3.63) is 0 Å². The van der Waals surface area contributed by atoms with Crippen molar-refractivity contribution in [2.75, 3.05) is 18.9 Å². The molecule has 0 spiro atoms. The van der Waals surface area contributed by atoms with Crippen molar-refractivity contribution in [2.24, 2.45) is 0 Å². The van der Waals surface area contributed by atoms with Gasteiger partial charge in [0, 0.05) is 12.3 Å². The van der Waals surface area contributed by atoms with Gasteiger partial charge in [0.2, 0.25) is 0 Å². The molecule has 2 unspecified atom stereocenters. The maximum Gasteiger partial charge on any atom is 0.327 e. The first kappa shape index (κ1) is 17.1. The molecule has 0 aromatic carbocycles. The molecule has 0 bridgehead atoms. The molecule has 0 saturated carbocycles. The van der Waals surface area contributed by atoms with E-state index in [1.54, 1.807) is 0 Å². The van der Waals surface area contributed by atoms with E-state index >= 15 is 0 Å². The zero-order valence-electron chi connectivity index (χ0n) is 12.3. The predicted octanol–water partition coefficient (Wildman–Crippen LogP) is 1.75. The maximum absolute atomic E-state index is 12.2. The van der Waals surface area contributed by atoms with Crippen LogP contribution < -0.4 is 5.32 Å². The van der Waals surface area contributed by atoms with Crippen LogP contribution in [0.25, 0.3) is 0 Å². The molecule has 1 aliphatic rings. The van der Waals surface area contributed by atoms with Crippen molar-refractivity contribution in [1.82, 2.24) is 10.2 Å². The Morgan fingerprint density at radius 3 is 2.75 bits per heavy atom. The molecule has 0 radical (unpaired) electrons. The van der Waals surface area contributed by atoms with Crippen molar-refractivity contribution >= 4 is 23.8 Å². The number of hydrogen-bond acceptors (Lipinski definition) is 4. The fourth-order valence-corrected chi connectivity index (χ4v) is 3.55. The van der Waals surface area contributed by atoms with E-state index in [9.17, 15) is 14.7 Å². The Morgan fingerprint density at radius 1 is 1.50 bits per heavy atom. The highest BCUT2D eigenvalue weighted by Crippen LogP contribution is 2.32. The van der Waals surface area contributed by atoms with Crippen molar-refractivity contribution in [1.29, 1.82) is 0 Å². The molecule has 1 fully saturated rings. The molecule has 1 aliphatic heterocycles. The zero-order chi connectivity index (χ0) is 15.1. The molecule has 0 aliphatic carbocycles. The number of carboxylic acid groups (broad SMARTS) is 1. The SMILES string of the molecule is CCCC1SCC(C(=O)O)N1C(=O)NCCOC(C)C. The van der Waals surface area contributed by atoms with E-state index < -0.39 is 12.0 Å². The van der Waals surface area contributed by atoms with E-state index in [0.29, 0.717) is 18.9 Å². The van der Waals surface area contributed by atoms with Crippen molar-refractivity contribution in [3.63, 3.8) is 0 Å². The first-order chi connectivity index (χ1) is 9.47. The molecule has 1 saturated heterocycles. The van der Waals surface area contributed by atoms with Crippen LogP contribution in [0.15, 0.2) is 0 Å². The number of thioether (sulfide) groups is 1. The van der Waals surface area contributed by atoms with Crippen molar-refractivity contribution < 1.29 is 19.4 Å². The number of carbonyl (C=O) groups excluding carboxylic acids is 1. The second kappa shape index (κ2) is 8.36. The molecule has 0 aromatic heterocycles. The average molecular weight is 304 g/mol. The minimum Gasteiger partial charge on any atom is -0.480 e. The summed E-state index contributed by atoms with van der Waals surface area (Å²) in [7, 11) is 0. The summed E-state index contributed by atoms with van der Waals surface area (Å²) in [6, 6.07) is -1.05. The Balaban J connectivity index is 2.53. The third-order valence-corrected chi connectivity index (χ3v) is 4.33. The summed E-state index contributed by atoms with van der Waals surface area (Å²) in [5.74, 6) is -0.486. The van der Waals surface area contributed by atoms with Crippen LogP contribution in [-0.4, -0.2) is 58.4 Å². The third kappa shape index (κ3) is 4.86. The first-order valence-electron chi connectivity index (χ1n) is 6.99. The maximum atomic E-state index is 12.2. The second-order valence-corrected chi connectivity index (χ2v) is 6.20. The van der Waals surface area contributed by atoms with E-state index in [1.165, 1.54) is 16.7 Å². The highest BCUT2D eigenvalue weighted by molar-refractivity contribution is 8.00. The zero-order valence-corrected chi connectivity index (χ0v) is 13.1. The van der Waals surface area contributed by atoms with Crippen molar-refractivity contribution in [3.8, 4) is 0 Å². The second-order valence-electron chi connectivity index (χ2n) is 4.99. The number of hydrogen-bond donors (Lipinski definition) is 2. The molecule has 6 nitrogen and oxygen atoms in total. The van der Waals surface area contributed by atoms with Crippen LogP contribution in [-0.2, 0) is 9.53 Å². The Kier molecular flexibility index (Phi) is 7.15. The minimum atomic E-state index is -0.940. The molecule has 7 heteroatoms. The van der Waals surface area contributed by atoms with Crippen molar-refractivity contribution in [2.45, 2.75) is 51.1 Å². The Bertz CT molecular complexity index is 338. The summed E-state index contributed by atoms with van der Waals surface area (Å²) in [6.45, 7) is 6.71. The Hall–Kier alpha value is -0.950. The molecule has 2 N–H and O–H groups in total. The van der Waals surface area contributed by atoms with E-state index in [-0.39, 0.29) is 17.5 Å². The Morgan fingerprint density at radius 2 is 2.20 bits per heavy atom. The number of ether oxygens (including phenoxy) is 1. The highest BCUT2D eigenvalue weighted by atomic mass is 32.2. The lowest BCUT2D eigenvalue weighted by Gasteiger charge is -2.27. The third-order valence-electron chi connectivity index (χ3n) is 2.98. The number of aliphatic carboxylic acids is 1. The summed E-state index contributed by atoms with van der Waals surface area (Å²) < 4.78 is 5.35. The number of rotatable bonds is 7. The lowest BCUT2D eigenvalue weighted by atomic mass is 10.2. The van der Waals surface area contributed by atoms with Gasteiger partial charge in [0.25, 0.3) is 0 Å². The number of amides is 2. The van der Waals surface area contributed by atoms with Gasteiger partial charge in [-0.1, -0.05) is 13.3 Å². The molecule has 20 heavy (non-hydrogen) atoms. The predicted molar refractivity (Wildman–Crippen MR) is 78.9 cm³/mol. The lowest BCUT2D eigenvalue weighted by Crippen LogP contribution is -2.50. The normalized spacial score (nSPS) is 22.3. The monoisotopic (exact) mass is 304 g/mol. The van der Waals surface area contributed by atoms with Gasteiger partial charge in [0.15, 0.2) is 0 Å². The van der Waals surface area contributed by atoms with Gasteiger partial charge in [-0.25, -0.2) is 9.59 Å². The molecule has 0 aromatic rings. The molecule has 2 amide bonds. The fourth-order valence-electron chi connectivity index (χ4n) is 2.04. The summed E-state index contributed by atoms with van der Waals surface area (Å²) >= 11 is 1.54. The van der Waals surface area contributed by atoms with E-state index in [0.717, 1.165) is 12.8 Å². The smallest absolute Gasteiger partial charge is 0.327 e. The first-order valence-corrected chi connectivity index (χ1v) is 8.04. The molecular formula is C13H24N2O4S. The molecule has 116 valence electrons. The van der Waals surface area contributed by atoms with Gasteiger partial charge in [0.05, 0.1) is 18.1 Å². The van der Waals surface area contributed by atoms with Gasteiger partial charge >= 0.3 is 12.0 Å². The topological polar surface area (TPSA) is 78.9 Å². The molecule has 2 atom stereocenters. The fraction of sp³-hybridized carbons (Fsp3) is 0.846. The number of carbonyl (C=O) groups is 2. The van der Waals surface area contributed by atoms with Crippen LogP contribution in [0.5, 0.6) is 0 Å². The lowest BCUT2D eigenvalue weighted by molar-refractivity contribution is -0.141. The standard InChI is InChI=1S/C13H24N2O4S/c1-4-5-11-15(10(8-20-11)12(16)17)13(18)14-6-7-19-9(2)3/h9-11H,4-8H2,1-3H3,(H,14,18)(H,16,17). The minimum absolute atomic E-state index is 0.0490. The summed E-state index contributed by atoms with van der Waals surface area (Å²) in [6.07, 6.45) is 1.85. The number of carboxylic acids is 1. The quantitative estimate of drug-likeness (QED) is 0.701. The summed E-state index contributed by atoms with van der Waals surface area (Å²) in [5, 5.41) is 11.9. The van der Waals surface area contributed by atoms with Gasteiger partial charge in [-0.15, -0.1) is 11.8 Å². The summed E-state index contributed by atoms with van der Waals surface area (Å²) in [4.78, 5) is 24.9. The average Bonchev–Trinajstić information content (AvgIpc) is 2.78. The van der Waals surface area contributed by atoms with Gasteiger partial charge in [0.1, 0.15) is 6.04 Å². The van der Waals surface area contributed by atoms with Crippen LogP contribution in [0.2, 0.25) is 0 Å². The number of nitrogens with one attached hydrogen (secondary N) is 1. The largest absolute Gasteiger partial charge is 0.480 e. The van der Waals surface area contributed by atoms with Gasteiger partial charge in [-0.2, -0.15) is 0 Å². The van der Waals surface area contributed by atoms with E-state index in [2.05, 4.69) is 5.32 Å². The van der Waals surface area contributed by atoms with Gasteiger partial charge < -0.3 is 15.2 Å². The van der Waals surface area contributed by atoms with Gasteiger partial charge in [-0.3, -0.25) is 4.90 Å². The molecular weight excluding hydrogens is 280 g/mol. The van der Waals surface area contributed by atoms with Crippen LogP contribution in [0.3, 0.4) is 0 Å². The molecule has 1 heterocycles. The van der Waals surface area contributed by atoms with Crippen LogP contribution in [0, 0.1) is 0 Å². The summed E-state index contributed by atoms with van der Waals surface area (Å²) in [5.41, 5.74) is 0. The Labute approximate surface area is 124 Å². The van der Waals surface area contributed by atoms with Crippen LogP contribution in [0.4, 0.5) is 4.79 Å². The van der Waals surface area contributed by atoms with E-state index in [1.807, 2.05) is 20.8 Å². The number of urea groups is 1. The molecule has 1 rings (SSSR count). The van der Waals surface area contributed by atoms with Gasteiger partial charge in [-0.05, 0) is 20.3 Å². The van der Waals surface area contributed by atoms with Crippen LogP contribution in [0.1, 0.15) is 33.6 Å². The van der Waals surface area contributed by atoms with E-state index in [4.69, 9.17) is 4.74 Å². The highest BCUT2D eigenvalue weighted by Gasteiger charge is 2.41. The van der Waals surface area contributed by atoms with Crippen LogP contribution >= 0.6 is 11.8 Å².